The second-order valence-corrected chi connectivity index (χ2v) is 4.43. The van der Waals surface area contributed by atoms with Crippen molar-refractivity contribution in [3.05, 3.63) is 12.0 Å². The van der Waals surface area contributed by atoms with Gasteiger partial charge in [0, 0.05) is 14.1 Å². The van der Waals surface area contributed by atoms with Gasteiger partial charge in [0.15, 0.2) is 5.16 Å². The minimum absolute atomic E-state index is 0.734. The van der Waals surface area contributed by atoms with Crippen LogP contribution < -0.4 is 5.73 Å². The molecule has 0 aliphatic carbocycles. The third-order valence-corrected chi connectivity index (χ3v) is 3.53. The molecule has 0 fully saturated rings. The van der Waals surface area contributed by atoms with Crippen molar-refractivity contribution in [1.29, 1.82) is 0 Å². The first kappa shape index (κ1) is 11.0. The van der Waals surface area contributed by atoms with Gasteiger partial charge in [0.05, 0.1) is 11.4 Å². The van der Waals surface area contributed by atoms with E-state index < -0.39 is 0 Å². The largest absolute Gasteiger partial charge is 0.395 e. The monoisotopic (exact) mass is 238 g/mol. The molecule has 0 spiro atoms. The second kappa shape index (κ2) is 4.17. The highest BCUT2D eigenvalue weighted by atomic mass is 32.2. The maximum atomic E-state index is 6.02. The number of anilines is 1. The summed E-state index contributed by atoms with van der Waals surface area (Å²) in [5, 5.41) is 13.9. The third kappa shape index (κ3) is 1.78. The van der Waals surface area contributed by atoms with Gasteiger partial charge in [-0.15, -0.1) is 10.2 Å². The van der Waals surface area contributed by atoms with Crippen molar-refractivity contribution < 1.29 is 0 Å². The highest BCUT2D eigenvalue weighted by Crippen LogP contribution is 2.31. The second-order valence-electron chi connectivity index (χ2n) is 3.47. The lowest BCUT2D eigenvalue weighted by molar-refractivity contribution is 0.684. The molecule has 2 aromatic rings. The summed E-state index contributed by atoms with van der Waals surface area (Å²) in [6, 6.07) is 0. The van der Waals surface area contributed by atoms with Crippen LogP contribution in [0.25, 0.3) is 0 Å². The van der Waals surface area contributed by atoms with Crippen LogP contribution in [-0.2, 0) is 20.5 Å². The maximum Gasteiger partial charge on any atom is 0.197 e. The standard InChI is InChI=1S/C9H14N6S/c1-4-6-7(10)8(15(3)13-6)16-9-12-11-5-14(9)2/h5H,4,10H2,1-3H3. The van der Waals surface area contributed by atoms with Gasteiger partial charge in [0.2, 0.25) is 0 Å². The summed E-state index contributed by atoms with van der Waals surface area (Å²) in [5.41, 5.74) is 7.68. The Labute approximate surface area is 97.8 Å². The molecule has 6 nitrogen and oxygen atoms in total. The van der Waals surface area contributed by atoms with E-state index in [-0.39, 0.29) is 0 Å². The Morgan fingerprint density at radius 3 is 2.69 bits per heavy atom. The van der Waals surface area contributed by atoms with Gasteiger partial charge >= 0.3 is 0 Å². The zero-order valence-corrected chi connectivity index (χ0v) is 10.3. The summed E-state index contributed by atoms with van der Waals surface area (Å²) in [7, 11) is 3.78. The van der Waals surface area contributed by atoms with E-state index in [4.69, 9.17) is 5.73 Å². The van der Waals surface area contributed by atoms with Crippen LogP contribution >= 0.6 is 11.8 Å². The van der Waals surface area contributed by atoms with Gasteiger partial charge in [0.1, 0.15) is 11.4 Å². The molecule has 0 saturated heterocycles. The number of nitrogens with two attached hydrogens (primary N) is 1. The van der Waals surface area contributed by atoms with E-state index >= 15 is 0 Å². The molecule has 0 saturated carbocycles. The Bertz CT molecular complexity index is 500. The lowest BCUT2D eigenvalue weighted by Gasteiger charge is -2.01. The Kier molecular flexibility index (Phi) is 2.86. The third-order valence-electron chi connectivity index (χ3n) is 2.30. The van der Waals surface area contributed by atoms with E-state index in [2.05, 4.69) is 15.3 Å². The molecule has 0 aliphatic heterocycles. The maximum absolute atomic E-state index is 6.02. The van der Waals surface area contributed by atoms with E-state index in [0.29, 0.717) is 0 Å². The van der Waals surface area contributed by atoms with Crippen molar-refractivity contribution in [3.63, 3.8) is 0 Å². The number of hydrogen-bond donors (Lipinski definition) is 1. The van der Waals surface area contributed by atoms with Crippen LogP contribution in [-0.4, -0.2) is 24.5 Å². The van der Waals surface area contributed by atoms with E-state index in [9.17, 15) is 0 Å². The molecule has 86 valence electrons. The molecule has 0 aliphatic rings. The Balaban J connectivity index is 2.35. The van der Waals surface area contributed by atoms with Gasteiger partial charge in [0.25, 0.3) is 0 Å². The number of rotatable bonds is 3. The van der Waals surface area contributed by atoms with Crippen LogP contribution in [0, 0.1) is 0 Å². The zero-order valence-electron chi connectivity index (χ0n) is 9.51. The highest BCUT2D eigenvalue weighted by Gasteiger charge is 2.15. The summed E-state index contributed by atoms with van der Waals surface area (Å²) in [6.07, 6.45) is 2.49. The molecule has 0 bridgehead atoms. The molecule has 2 N–H and O–H groups in total. The van der Waals surface area contributed by atoms with Crippen molar-refractivity contribution in [2.45, 2.75) is 23.5 Å². The van der Waals surface area contributed by atoms with Crippen LogP contribution in [0.3, 0.4) is 0 Å². The topological polar surface area (TPSA) is 74.5 Å². The van der Waals surface area contributed by atoms with Gasteiger partial charge in [-0.25, -0.2) is 0 Å². The molecule has 0 unspecified atom stereocenters. The normalized spacial score (nSPS) is 10.9. The van der Waals surface area contributed by atoms with E-state index in [1.165, 1.54) is 11.8 Å². The van der Waals surface area contributed by atoms with Crippen molar-refractivity contribution in [3.8, 4) is 0 Å². The average molecular weight is 238 g/mol. The molecule has 2 rings (SSSR count). The average Bonchev–Trinajstić information content (AvgIpc) is 2.77. The highest BCUT2D eigenvalue weighted by molar-refractivity contribution is 7.99. The van der Waals surface area contributed by atoms with Crippen LogP contribution in [0.1, 0.15) is 12.6 Å². The lowest BCUT2D eigenvalue weighted by Crippen LogP contribution is -1.96. The molecule has 2 heterocycles. The lowest BCUT2D eigenvalue weighted by atomic mass is 10.3. The Morgan fingerprint density at radius 1 is 1.44 bits per heavy atom. The van der Waals surface area contributed by atoms with Crippen molar-refractivity contribution in [1.82, 2.24) is 24.5 Å². The van der Waals surface area contributed by atoms with Gasteiger partial charge in [-0.2, -0.15) is 5.10 Å². The minimum atomic E-state index is 0.734. The molecular weight excluding hydrogens is 224 g/mol. The fourth-order valence-electron chi connectivity index (χ4n) is 1.41. The van der Waals surface area contributed by atoms with Gasteiger partial charge < -0.3 is 10.3 Å². The number of nitrogen functional groups attached to an aromatic ring is 1. The summed E-state index contributed by atoms with van der Waals surface area (Å²) < 4.78 is 3.64. The van der Waals surface area contributed by atoms with Gasteiger partial charge in [-0.3, -0.25) is 4.68 Å². The smallest absolute Gasteiger partial charge is 0.197 e. The van der Waals surface area contributed by atoms with E-state index in [1.807, 2.05) is 25.6 Å². The Morgan fingerprint density at radius 2 is 2.19 bits per heavy atom. The molecule has 0 radical (unpaired) electrons. The molecule has 0 amide bonds. The molecular formula is C9H14N6S. The molecule has 16 heavy (non-hydrogen) atoms. The van der Waals surface area contributed by atoms with Gasteiger partial charge in [-0.1, -0.05) is 6.92 Å². The van der Waals surface area contributed by atoms with Gasteiger partial charge in [-0.05, 0) is 18.2 Å². The number of hydrogen-bond acceptors (Lipinski definition) is 5. The molecule has 0 atom stereocenters. The van der Waals surface area contributed by atoms with Crippen LogP contribution in [0.5, 0.6) is 0 Å². The predicted molar refractivity (Wildman–Crippen MR) is 62.1 cm³/mol. The quantitative estimate of drug-likeness (QED) is 0.857. The first-order valence-corrected chi connectivity index (χ1v) is 5.78. The molecule has 7 heteroatoms. The Hall–Kier alpha value is -1.50. The van der Waals surface area contributed by atoms with Crippen molar-refractivity contribution in [2.24, 2.45) is 14.1 Å². The summed E-state index contributed by atoms with van der Waals surface area (Å²) in [5.74, 6) is 0. The first-order valence-electron chi connectivity index (χ1n) is 4.96. The van der Waals surface area contributed by atoms with Crippen molar-refractivity contribution >= 4 is 17.4 Å². The van der Waals surface area contributed by atoms with Crippen LogP contribution in [0.2, 0.25) is 0 Å². The molecule has 0 aromatic carbocycles. The van der Waals surface area contributed by atoms with Crippen molar-refractivity contribution in [2.75, 3.05) is 5.73 Å². The number of aromatic nitrogens is 5. The predicted octanol–water partition coefficient (Wildman–Crippen LogP) is 0.844. The summed E-state index contributed by atoms with van der Waals surface area (Å²) in [6.45, 7) is 2.04. The number of aryl methyl sites for hydroxylation is 3. The summed E-state index contributed by atoms with van der Waals surface area (Å²) in [4.78, 5) is 0. The minimum Gasteiger partial charge on any atom is -0.395 e. The fourth-order valence-corrected chi connectivity index (χ4v) is 2.26. The summed E-state index contributed by atoms with van der Waals surface area (Å²) >= 11 is 1.48. The number of nitrogens with zero attached hydrogens (tertiary/aromatic N) is 5. The SMILES string of the molecule is CCc1nn(C)c(Sc2nncn2C)c1N. The molecule has 2 aromatic heterocycles. The zero-order chi connectivity index (χ0) is 11.7. The first-order chi connectivity index (χ1) is 7.63. The van der Waals surface area contributed by atoms with E-state index in [1.54, 1.807) is 11.0 Å². The van der Waals surface area contributed by atoms with Crippen LogP contribution in [0.15, 0.2) is 16.5 Å². The fraction of sp³-hybridized carbons (Fsp3) is 0.444. The van der Waals surface area contributed by atoms with Crippen LogP contribution in [0.4, 0.5) is 5.69 Å². The van der Waals surface area contributed by atoms with E-state index in [0.717, 1.165) is 28.0 Å².